The topological polar surface area (TPSA) is 23.6 Å². The van der Waals surface area contributed by atoms with Crippen molar-refractivity contribution < 1.29 is 9.18 Å². The van der Waals surface area contributed by atoms with Crippen LogP contribution in [0.5, 0.6) is 0 Å². The average molecular weight is 315 g/mol. The van der Waals surface area contributed by atoms with Gasteiger partial charge in [-0.25, -0.2) is 4.39 Å². The highest BCUT2D eigenvalue weighted by Gasteiger charge is 2.27. The molecule has 0 aliphatic carbocycles. The van der Waals surface area contributed by atoms with E-state index in [9.17, 15) is 9.18 Å². The molecule has 0 radical (unpaired) electrons. The fourth-order valence-electron chi connectivity index (χ4n) is 2.27. The second-order valence-electron chi connectivity index (χ2n) is 4.71. The number of hydrogen-bond donors (Lipinski definition) is 0. The molecule has 0 aromatic heterocycles. The number of likely N-dealkylation sites (N-methyl/N-ethyl adjacent to an activating group) is 1. The Labute approximate surface area is 115 Å². The molecule has 98 valence electrons. The summed E-state index contributed by atoms with van der Waals surface area (Å²) in [5, 5.41) is 0. The molecule has 0 saturated carbocycles. The first-order valence-corrected chi connectivity index (χ1v) is 6.73. The van der Waals surface area contributed by atoms with Gasteiger partial charge in [-0.2, -0.15) is 0 Å². The van der Waals surface area contributed by atoms with E-state index in [-0.39, 0.29) is 16.4 Å². The van der Waals surface area contributed by atoms with E-state index in [4.69, 9.17) is 0 Å². The fourth-order valence-corrected chi connectivity index (χ4v) is 2.70. The molecule has 0 spiro atoms. The first-order valence-electron chi connectivity index (χ1n) is 5.94. The zero-order valence-corrected chi connectivity index (χ0v) is 12.1. The van der Waals surface area contributed by atoms with Crippen molar-refractivity contribution in [2.45, 2.75) is 13.0 Å². The summed E-state index contributed by atoms with van der Waals surface area (Å²) >= 11 is 3.15. The molecule has 1 unspecified atom stereocenters. The molecule has 1 aliphatic rings. The maximum absolute atomic E-state index is 13.4. The van der Waals surface area contributed by atoms with Gasteiger partial charge in [-0.1, -0.05) is 6.07 Å². The van der Waals surface area contributed by atoms with E-state index in [0.29, 0.717) is 12.1 Å². The van der Waals surface area contributed by atoms with Crippen LogP contribution in [0.15, 0.2) is 22.7 Å². The number of benzene rings is 1. The summed E-state index contributed by atoms with van der Waals surface area (Å²) in [6.45, 7) is 4.39. The highest BCUT2D eigenvalue weighted by atomic mass is 79.9. The lowest BCUT2D eigenvalue weighted by Gasteiger charge is -2.38. The van der Waals surface area contributed by atoms with Crippen molar-refractivity contribution >= 4 is 21.8 Å². The van der Waals surface area contributed by atoms with Crippen LogP contribution in [0, 0.1) is 5.82 Å². The number of rotatable bonds is 1. The van der Waals surface area contributed by atoms with Crippen molar-refractivity contribution in [3.8, 4) is 0 Å². The Bertz CT molecular complexity index is 466. The predicted octanol–water partition coefficient (Wildman–Crippen LogP) is 2.36. The third kappa shape index (κ3) is 2.57. The van der Waals surface area contributed by atoms with E-state index in [1.807, 2.05) is 14.0 Å². The van der Waals surface area contributed by atoms with Gasteiger partial charge in [0.2, 0.25) is 0 Å². The molecule has 5 heteroatoms. The predicted molar refractivity (Wildman–Crippen MR) is 72.1 cm³/mol. The second kappa shape index (κ2) is 5.36. The van der Waals surface area contributed by atoms with Crippen molar-refractivity contribution in [3.63, 3.8) is 0 Å². The molecular weight excluding hydrogens is 299 g/mol. The molecule has 3 nitrogen and oxygen atoms in total. The molecule has 1 aromatic rings. The van der Waals surface area contributed by atoms with Crippen LogP contribution in [0.3, 0.4) is 0 Å². The van der Waals surface area contributed by atoms with Crippen molar-refractivity contribution in [3.05, 3.63) is 34.1 Å². The Morgan fingerprint density at radius 3 is 2.83 bits per heavy atom. The summed E-state index contributed by atoms with van der Waals surface area (Å²) in [7, 11) is 2.04. The van der Waals surface area contributed by atoms with Gasteiger partial charge in [-0.3, -0.25) is 4.79 Å². The average Bonchev–Trinajstić information content (AvgIpc) is 2.32. The highest BCUT2D eigenvalue weighted by Crippen LogP contribution is 2.23. The lowest BCUT2D eigenvalue weighted by molar-refractivity contribution is 0.0532. The zero-order chi connectivity index (χ0) is 13.3. The molecule has 1 saturated heterocycles. The van der Waals surface area contributed by atoms with E-state index in [1.54, 1.807) is 17.0 Å². The van der Waals surface area contributed by atoms with Gasteiger partial charge >= 0.3 is 0 Å². The maximum Gasteiger partial charge on any atom is 0.255 e. The summed E-state index contributed by atoms with van der Waals surface area (Å²) in [4.78, 5) is 16.4. The molecule has 1 aromatic carbocycles. The van der Waals surface area contributed by atoms with Crippen molar-refractivity contribution in [1.82, 2.24) is 9.80 Å². The van der Waals surface area contributed by atoms with Crippen molar-refractivity contribution in [2.75, 3.05) is 26.7 Å². The number of amides is 1. The van der Waals surface area contributed by atoms with E-state index >= 15 is 0 Å². The molecule has 1 heterocycles. The quantitative estimate of drug-likeness (QED) is 0.794. The Morgan fingerprint density at radius 1 is 1.44 bits per heavy atom. The molecule has 1 aliphatic heterocycles. The smallest absolute Gasteiger partial charge is 0.255 e. The SMILES string of the molecule is CC1CN(C)CCN1C(=O)c1cccc(F)c1Br. The summed E-state index contributed by atoms with van der Waals surface area (Å²) in [5.41, 5.74) is 0.395. The molecule has 0 bridgehead atoms. The number of carbonyl (C=O) groups excluding carboxylic acids is 1. The van der Waals surface area contributed by atoms with Gasteiger partial charge in [-0.05, 0) is 42.0 Å². The van der Waals surface area contributed by atoms with Crippen LogP contribution < -0.4 is 0 Å². The molecule has 18 heavy (non-hydrogen) atoms. The molecule has 0 N–H and O–H groups in total. The van der Waals surface area contributed by atoms with Crippen LogP contribution in [0.1, 0.15) is 17.3 Å². The van der Waals surface area contributed by atoms with E-state index in [1.165, 1.54) is 6.07 Å². The second-order valence-corrected chi connectivity index (χ2v) is 5.50. The van der Waals surface area contributed by atoms with Gasteiger partial charge in [0.15, 0.2) is 0 Å². The first-order chi connectivity index (χ1) is 8.50. The summed E-state index contributed by atoms with van der Waals surface area (Å²) in [6, 6.07) is 4.70. The van der Waals surface area contributed by atoms with Crippen molar-refractivity contribution in [2.24, 2.45) is 0 Å². The van der Waals surface area contributed by atoms with Crippen molar-refractivity contribution in [1.29, 1.82) is 0 Å². The molecule has 1 amide bonds. The van der Waals surface area contributed by atoms with E-state index in [0.717, 1.165) is 13.1 Å². The van der Waals surface area contributed by atoms with E-state index in [2.05, 4.69) is 20.8 Å². The van der Waals surface area contributed by atoms with Crippen LogP contribution in [0.4, 0.5) is 4.39 Å². The zero-order valence-electron chi connectivity index (χ0n) is 10.5. The molecule has 2 rings (SSSR count). The maximum atomic E-state index is 13.4. The normalized spacial score (nSPS) is 21.1. The number of carbonyl (C=O) groups is 1. The first kappa shape index (κ1) is 13.5. The van der Waals surface area contributed by atoms with Gasteiger partial charge in [-0.15, -0.1) is 0 Å². The largest absolute Gasteiger partial charge is 0.333 e. The monoisotopic (exact) mass is 314 g/mol. The lowest BCUT2D eigenvalue weighted by atomic mass is 10.1. The third-order valence-corrected chi connectivity index (χ3v) is 4.08. The highest BCUT2D eigenvalue weighted by molar-refractivity contribution is 9.10. The minimum atomic E-state index is -0.400. The van der Waals surface area contributed by atoms with Crippen LogP contribution in [-0.2, 0) is 0 Å². The van der Waals surface area contributed by atoms with Crippen LogP contribution in [0.25, 0.3) is 0 Å². The number of piperazine rings is 1. The summed E-state index contributed by atoms with van der Waals surface area (Å²) in [6.07, 6.45) is 0. The molecule has 1 fully saturated rings. The Hall–Kier alpha value is -0.940. The van der Waals surface area contributed by atoms with Gasteiger partial charge in [0.1, 0.15) is 5.82 Å². The molecule has 1 atom stereocenters. The minimum Gasteiger partial charge on any atom is -0.333 e. The Kier molecular flexibility index (Phi) is 4.02. The third-order valence-electron chi connectivity index (χ3n) is 3.27. The Morgan fingerprint density at radius 2 is 2.17 bits per heavy atom. The number of halogens is 2. The Balaban J connectivity index is 2.23. The number of nitrogens with zero attached hydrogens (tertiary/aromatic N) is 2. The standard InChI is InChI=1S/C13H16BrFN2O/c1-9-8-16(2)6-7-17(9)13(18)10-4-3-5-11(15)12(10)14/h3-5,9H,6-8H2,1-2H3. The minimum absolute atomic E-state index is 0.109. The van der Waals surface area contributed by atoms with Crippen LogP contribution in [-0.4, -0.2) is 48.4 Å². The molecular formula is C13H16BrFN2O. The van der Waals surface area contributed by atoms with Crippen LogP contribution >= 0.6 is 15.9 Å². The van der Waals surface area contributed by atoms with Gasteiger partial charge in [0.25, 0.3) is 5.91 Å². The van der Waals surface area contributed by atoms with Gasteiger partial charge < -0.3 is 9.80 Å². The number of hydrogen-bond acceptors (Lipinski definition) is 2. The van der Waals surface area contributed by atoms with Crippen LogP contribution in [0.2, 0.25) is 0 Å². The fraction of sp³-hybridized carbons (Fsp3) is 0.462. The van der Waals surface area contributed by atoms with Gasteiger partial charge in [0.05, 0.1) is 10.0 Å². The summed E-state index contributed by atoms with van der Waals surface area (Å²) in [5.74, 6) is -0.510. The summed E-state index contributed by atoms with van der Waals surface area (Å²) < 4.78 is 13.7. The van der Waals surface area contributed by atoms with Gasteiger partial charge in [0, 0.05) is 25.7 Å². The van der Waals surface area contributed by atoms with E-state index < -0.39 is 5.82 Å². The lowest BCUT2D eigenvalue weighted by Crippen LogP contribution is -2.52.